The number of para-hydroxylation sites is 1. The van der Waals surface area contributed by atoms with E-state index in [0.29, 0.717) is 18.8 Å². The Kier molecular flexibility index (Phi) is 5.10. The van der Waals surface area contributed by atoms with Gasteiger partial charge in [-0.1, -0.05) is 31.2 Å². The topological polar surface area (TPSA) is 82.8 Å². The van der Waals surface area contributed by atoms with Crippen molar-refractivity contribution < 1.29 is 9.53 Å². The number of pyridine rings is 1. The lowest BCUT2D eigenvalue weighted by molar-refractivity contribution is -0.145. The number of carbonyl (C=O) groups is 1. The van der Waals surface area contributed by atoms with Gasteiger partial charge in [-0.15, -0.1) is 5.10 Å². The maximum absolute atomic E-state index is 11.9. The van der Waals surface area contributed by atoms with Crippen LogP contribution in [0.1, 0.15) is 31.3 Å². The van der Waals surface area contributed by atoms with Crippen LogP contribution in [0.25, 0.3) is 10.9 Å². The second kappa shape index (κ2) is 7.63. The molecule has 3 rings (SSSR count). The standard InChI is InChI=1S/C17H19N5O2/c1-2-11-22-16(19-20-21-22)12-24-17(23)10-9-14-8-7-13-5-3-4-6-15(13)18-14/h3-8H,2,9-12H2,1H3. The molecular weight excluding hydrogens is 306 g/mol. The van der Waals surface area contributed by atoms with Gasteiger partial charge in [-0.2, -0.15) is 0 Å². The summed E-state index contributed by atoms with van der Waals surface area (Å²) in [6.45, 7) is 2.84. The van der Waals surface area contributed by atoms with Gasteiger partial charge in [0.05, 0.1) is 11.9 Å². The lowest BCUT2D eigenvalue weighted by Crippen LogP contribution is -2.11. The Hall–Kier alpha value is -2.83. The number of tetrazole rings is 1. The number of esters is 1. The van der Waals surface area contributed by atoms with Gasteiger partial charge >= 0.3 is 5.97 Å². The van der Waals surface area contributed by atoms with Crippen LogP contribution in [0, 0.1) is 0 Å². The Bertz CT molecular complexity index is 830. The fourth-order valence-electron chi connectivity index (χ4n) is 2.41. The highest BCUT2D eigenvalue weighted by atomic mass is 16.5. The third-order valence-corrected chi connectivity index (χ3v) is 3.65. The van der Waals surface area contributed by atoms with Crippen LogP contribution < -0.4 is 0 Å². The Balaban J connectivity index is 1.52. The zero-order chi connectivity index (χ0) is 16.8. The van der Waals surface area contributed by atoms with Crippen molar-refractivity contribution >= 4 is 16.9 Å². The predicted molar refractivity (Wildman–Crippen MR) is 88.0 cm³/mol. The molecule has 1 aromatic carbocycles. The summed E-state index contributed by atoms with van der Waals surface area (Å²) in [6.07, 6.45) is 1.74. The number of aryl methyl sites for hydroxylation is 2. The van der Waals surface area contributed by atoms with Crippen LogP contribution in [0.5, 0.6) is 0 Å². The highest BCUT2D eigenvalue weighted by molar-refractivity contribution is 5.78. The molecule has 3 aromatic rings. The van der Waals surface area contributed by atoms with Crippen molar-refractivity contribution in [1.29, 1.82) is 0 Å². The number of rotatable bonds is 7. The molecule has 0 unspecified atom stereocenters. The lowest BCUT2D eigenvalue weighted by atomic mass is 10.1. The molecule has 0 atom stereocenters. The maximum Gasteiger partial charge on any atom is 0.306 e. The van der Waals surface area contributed by atoms with Gasteiger partial charge in [0.1, 0.15) is 0 Å². The van der Waals surface area contributed by atoms with Crippen molar-refractivity contribution in [1.82, 2.24) is 25.2 Å². The van der Waals surface area contributed by atoms with E-state index in [-0.39, 0.29) is 19.0 Å². The highest BCUT2D eigenvalue weighted by Crippen LogP contribution is 2.13. The van der Waals surface area contributed by atoms with Crippen LogP contribution in [0.15, 0.2) is 36.4 Å². The van der Waals surface area contributed by atoms with Crippen LogP contribution in [0.4, 0.5) is 0 Å². The highest BCUT2D eigenvalue weighted by Gasteiger charge is 2.10. The minimum atomic E-state index is -0.281. The number of nitrogens with zero attached hydrogens (tertiary/aromatic N) is 5. The van der Waals surface area contributed by atoms with Gasteiger partial charge in [-0.25, -0.2) is 4.68 Å². The molecular formula is C17H19N5O2. The first-order valence-electron chi connectivity index (χ1n) is 8.01. The number of hydrogen-bond donors (Lipinski definition) is 0. The van der Waals surface area contributed by atoms with Gasteiger partial charge in [-0.05, 0) is 29.0 Å². The van der Waals surface area contributed by atoms with Gasteiger partial charge in [0.25, 0.3) is 0 Å². The summed E-state index contributed by atoms with van der Waals surface area (Å²) >= 11 is 0. The van der Waals surface area contributed by atoms with E-state index < -0.39 is 0 Å². The normalized spacial score (nSPS) is 10.9. The van der Waals surface area contributed by atoms with Gasteiger partial charge < -0.3 is 4.74 Å². The zero-order valence-corrected chi connectivity index (χ0v) is 13.6. The Morgan fingerprint density at radius 1 is 1.21 bits per heavy atom. The number of carbonyl (C=O) groups excluding carboxylic acids is 1. The summed E-state index contributed by atoms with van der Waals surface area (Å²) in [5, 5.41) is 12.4. The average molecular weight is 325 g/mol. The summed E-state index contributed by atoms with van der Waals surface area (Å²) in [5.74, 6) is 0.282. The SMILES string of the molecule is CCCn1nnnc1COC(=O)CCc1ccc2ccccc2n1. The third-order valence-electron chi connectivity index (χ3n) is 3.65. The Labute approximate surface area is 139 Å². The van der Waals surface area contributed by atoms with Crippen LogP contribution >= 0.6 is 0 Å². The predicted octanol–water partition coefficient (Wildman–Crippen LogP) is 2.31. The second-order valence-electron chi connectivity index (χ2n) is 5.47. The fourth-order valence-corrected chi connectivity index (χ4v) is 2.41. The van der Waals surface area contributed by atoms with E-state index in [1.165, 1.54) is 0 Å². The van der Waals surface area contributed by atoms with Crippen LogP contribution in [-0.4, -0.2) is 31.2 Å². The average Bonchev–Trinajstić information content (AvgIpc) is 3.05. The molecule has 7 nitrogen and oxygen atoms in total. The number of fused-ring (bicyclic) bond motifs is 1. The third kappa shape index (κ3) is 3.92. The van der Waals surface area contributed by atoms with Crippen LogP contribution in [0.3, 0.4) is 0 Å². The van der Waals surface area contributed by atoms with E-state index >= 15 is 0 Å². The van der Waals surface area contributed by atoms with Gasteiger partial charge in [-0.3, -0.25) is 9.78 Å². The van der Waals surface area contributed by atoms with E-state index in [1.54, 1.807) is 4.68 Å². The van der Waals surface area contributed by atoms with E-state index in [9.17, 15) is 4.79 Å². The summed E-state index contributed by atoms with van der Waals surface area (Å²) in [7, 11) is 0. The molecule has 0 aliphatic heterocycles. The number of ether oxygens (including phenoxy) is 1. The molecule has 0 fully saturated rings. The van der Waals surface area contributed by atoms with Crippen LogP contribution in [0.2, 0.25) is 0 Å². The molecule has 124 valence electrons. The molecule has 2 heterocycles. The Morgan fingerprint density at radius 2 is 2.08 bits per heavy atom. The van der Waals surface area contributed by atoms with E-state index in [1.807, 2.05) is 43.3 Å². The quantitative estimate of drug-likeness (QED) is 0.620. The van der Waals surface area contributed by atoms with Crippen molar-refractivity contribution in [2.75, 3.05) is 0 Å². The molecule has 0 spiro atoms. The maximum atomic E-state index is 11.9. The first kappa shape index (κ1) is 16.0. The largest absolute Gasteiger partial charge is 0.457 e. The second-order valence-corrected chi connectivity index (χ2v) is 5.47. The molecule has 7 heteroatoms. The molecule has 0 radical (unpaired) electrons. The van der Waals surface area contributed by atoms with Gasteiger partial charge in [0.15, 0.2) is 12.4 Å². The van der Waals surface area contributed by atoms with E-state index in [2.05, 4.69) is 20.5 Å². The minimum absolute atomic E-state index is 0.0942. The summed E-state index contributed by atoms with van der Waals surface area (Å²) < 4.78 is 6.90. The summed E-state index contributed by atoms with van der Waals surface area (Å²) in [6, 6.07) is 11.9. The van der Waals surface area contributed by atoms with Gasteiger partial charge in [0.2, 0.25) is 0 Å². The van der Waals surface area contributed by atoms with E-state index in [4.69, 9.17) is 4.74 Å². The molecule has 0 saturated heterocycles. The number of benzene rings is 1. The minimum Gasteiger partial charge on any atom is -0.457 e. The van der Waals surface area contributed by atoms with Crippen LogP contribution in [-0.2, 0) is 29.1 Å². The number of hydrogen-bond acceptors (Lipinski definition) is 6. The molecule has 0 aliphatic carbocycles. The fraction of sp³-hybridized carbons (Fsp3) is 0.353. The lowest BCUT2D eigenvalue weighted by Gasteiger charge is -2.06. The molecule has 0 saturated carbocycles. The molecule has 2 aromatic heterocycles. The monoisotopic (exact) mass is 325 g/mol. The van der Waals surface area contributed by atoms with Crippen molar-refractivity contribution in [2.24, 2.45) is 0 Å². The molecule has 24 heavy (non-hydrogen) atoms. The molecule has 0 aliphatic rings. The van der Waals surface area contributed by atoms with Crippen molar-refractivity contribution in [2.45, 2.75) is 39.3 Å². The zero-order valence-electron chi connectivity index (χ0n) is 13.6. The summed E-state index contributed by atoms with van der Waals surface area (Å²) in [5.41, 5.74) is 1.81. The van der Waals surface area contributed by atoms with Crippen molar-refractivity contribution in [3.8, 4) is 0 Å². The summed E-state index contributed by atoms with van der Waals surface area (Å²) in [4.78, 5) is 16.5. The first-order chi connectivity index (χ1) is 11.8. The molecule has 0 bridgehead atoms. The van der Waals surface area contributed by atoms with Crippen molar-refractivity contribution in [3.05, 3.63) is 47.9 Å². The van der Waals surface area contributed by atoms with Gasteiger partial charge in [0, 0.05) is 24.0 Å². The molecule has 0 amide bonds. The number of aromatic nitrogens is 5. The Morgan fingerprint density at radius 3 is 2.96 bits per heavy atom. The van der Waals surface area contributed by atoms with Crippen molar-refractivity contribution in [3.63, 3.8) is 0 Å². The molecule has 0 N–H and O–H groups in total. The first-order valence-corrected chi connectivity index (χ1v) is 8.01. The smallest absolute Gasteiger partial charge is 0.306 e. The van der Waals surface area contributed by atoms with E-state index in [0.717, 1.165) is 23.0 Å².